The molecule has 210 valence electrons. The summed E-state index contributed by atoms with van der Waals surface area (Å²) in [6.07, 6.45) is 0. The minimum atomic E-state index is -1.30. The first kappa shape index (κ1) is 29.7. The van der Waals surface area contributed by atoms with Gasteiger partial charge in [-0.25, -0.2) is 17.6 Å². The first-order valence-corrected chi connectivity index (χ1v) is 12.5. The van der Waals surface area contributed by atoms with Gasteiger partial charge in [-0.3, -0.25) is 0 Å². The van der Waals surface area contributed by atoms with Crippen LogP contribution >= 0.6 is 0 Å². The van der Waals surface area contributed by atoms with Gasteiger partial charge in [0.25, 0.3) is 0 Å². The van der Waals surface area contributed by atoms with Crippen molar-refractivity contribution >= 4 is 33.4 Å². The lowest BCUT2D eigenvalue weighted by atomic mass is 9.88. The second-order valence-electron chi connectivity index (χ2n) is 9.47. The largest absolute Gasteiger partial charge is 0.206 e. The molecule has 12 heteroatoms. The van der Waals surface area contributed by atoms with E-state index in [1.54, 1.807) is 48.6 Å². The first-order valence-electron chi connectivity index (χ1n) is 12.5. The van der Waals surface area contributed by atoms with Gasteiger partial charge in [-0.05, 0) is 47.5 Å². The molecule has 0 atom stereocenters. The summed E-state index contributed by atoms with van der Waals surface area (Å²) in [6.45, 7) is 0. The summed E-state index contributed by atoms with van der Waals surface area (Å²) >= 11 is 0. The van der Waals surface area contributed by atoms with Crippen LogP contribution in [0.3, 0.4) is 0 Å². The van der Waals surface area contributed by atoms with E-state index in [1.165, 1.54) is 0 Å². The molecule has 0 unspecified atom stereocenters. The van der Waals surface area contributed by atoms with Gasteiger partial charge in [0.2, 0.25) is 0 Å². The summed E-state index contributed by atoms with van der Waals surface area (Å²) in [7, 11) is 0. The molecule has 0 radical (unpaired) electrons. The third-order valence-electron chi connectivity index (χ3n) is 7.25. The molecule has 0 aromatic heterocycles. The quantitative estimate of drug-likeness (QED) is 0.235. The molecule has 3 aromatic carbocycles. The molecule has 0 aliphatic heterocycles. The van der Waals surface area contributed by atoms with Crippen molar-refractivity contribution in [2.24, 2.45) is 0 Å². The van der Waals surface area contributed by atoms with Crippen LogP contribution in [0.1, 0.15) is 44.5 Å². The van der Waals surface area contributed by atoms with E-state index in [2.05, 4.69) is 0 Å². The second kappa shape index (κ2) is 11.2. The number of allylic oxidation sites excluding steroid dienone is 8. The Morgan fingerprint density at radius 1 is 0.413 bits per heavy atom. The summed E-state index contributed by atoms with van der Waals surface area (Å²) in [6, 6.07) is 18.3. The monoisotopic (exact) mass is 602 g/mol. The average molecular weight is 602 g/mol. The molecule has 0 fully saturated rings. The molecule has 0 spiro atoms. The molecular weight excluding hydrogens is 596 g/mol. The van der Waals surface area contributed by atoms with E-state index in [4.69, 9.17) is 10.5 Å². The highest BCUT2D eigenvalue weighted by atomic mass is 19.1. The van der Waals surface area contributed by atoms with Crippen LogP contribution in [0, 0.1) is 114 Å². The first-order chi connectivity index (χ1) is 22.1. The average Bonchev–Trinajstić information content (AvgIpc) is 3.52. The molecule has 0 bridgehead atoms. The Kier molecular flexibility index (Phi) is 7.21. The highest BCUT2D eigenvalue weighted by molar-refractivity contribution is 6.30. The smallest absolute Gasteiger partial charge is 0.138 e. The predicted molar refractivity (Wildman–Crippen MR) is 150 cm³/mol. The van der Waals surface area contributed by atoms with Crippen molar-refractivity contribution in [2.45, 2.75) is 0 Å². The fourth-order valence-corrected chi connectivity index (χ4v) is 5.49. The lowest BCUT2D eigenvalue weighted by Gasteiger charge is -2.13. The molecule has 5 rings (SSSR count). The van der Waals surface area contributed by atoms with Crippen molar-refractivity contribution in [3.63, 3.8) is 0 Å². The zero-order chi connectivity index (χ0) is 33.4. The molecule has 0 saturated carbocycles. The number of rotatable bonds is 2. The van der Waals surface area contributed by atoms with Crippen LogP contribution in [0.2, 0.25) is 0 Å². The van der Waals surface area contributed by atoms with Crippen molar-refractivity contribution < 1.29 is 17.6 Å². The Hall–Kier alpha value is -7.74. The molecule has 0 N–H and O–H groups in total. The van der Waals surface area contributed by atoms with Crippen molar-refractivity contribution in [3.8, 4) is 48.6 Å². The van der Waals surface area contributed by atoms with Crippen LogP contribution in [0.25, 0.3) is 33.4 Å². The van der Waals surface area contributed by atoms with Crippen molar-refractivity contribution in [2.75, 3.05) is 0 Å². The maximum atomic E-state index is 15.4. The van der Waals surface area contributed by atoms with Gasteiger partial charge in [0.05, 0.1) is 45.5 Å². The fourth-order valence-electron chi connectivity index (χ4n) is 5.49. The lowest BCUT2D eigenvalue weighted by Crippen LogP contribution is -2.00. The molecule has 0 amide bonds. The van der Waals surface area contributed by atoms with Crippen LogP contribution in [0.15, 0.2) is 47.5 Å². The van der Waals surface area contributed by atoms with Gasteiger partial charge >= 0.3 is 0 Å². The highest BCUT2D eigenvalue weighted by Gasteiger charge is 2.39. The Labute approximate surface area is 256 Å². The standard InChI is InChI=1S/C34H6F4N8/c35-25-1-15(7-39)2-26(36)33(25)31-23(13-45)19-5-20-22(6-21(19)29(31)17(9-41)10-42)30(18(11-43)12-44)32(24(20)14-46)34-27(37)3-16(8-40)4-28(34)38/h1-6H. The molecular formula is C34H6F4N8. The minimum absolute atomic E-state index is 0.137. The number of nitrogens with zero attached hydrogens (tertiary/aromatic N) is 8. The van der Waals surface area contributed by atoms with Gasteiger partial charge in [-0.15, -0.1) is 0 Å². The summed E-state index contributed by atoms with van der Waals surface area (Å²) in [5.41, 5.74) is -7.23. The summed E-state index contributed by atoms with van der Waals surface area (Å²) < 4.78 is 61.5. The van der Waals surface area contributed by atoms with Gasteiger partial charge in [-0.1, -0.05) is 0 Å². The molecule has 0 saturated heterocycles. The zero-order valence-corrected chi connectivity index (χ0v) is 22.6. The van der Waals surface area contributed by atoms with Gasteiger partial charge < -0.3 is 0 Å². The van der Waals surface area contributed by atoms with E-state index < -0.39 is 90.1 Å². The number of benzene rings is 3. The zero-order valence-electron chi connectivity index (χ0n) is 22.6. The van der Waals surface area contributed by atoms with E-state index in [1.807, 2.05) is 0 Å². The van der Waals surface area contributed by atoms with Crippen molar-refractivity contribution in [3.05, 3.63) is 115 Å². The van der Waals surface area contributed by atoms with Crippen LogP contribution in [-0.2, 0) is 0 Å². The van der Waals surface area contributed by atoms with Gasteiger partial charge in [0, 0.05) is 33.4 Å². The van der Waals surface area contributed by atoms with Crippen LogP contribution in [0.4, 0.5) is 17.6 Å². The number of nitriles is 8. The third kappa shape index (κ3) is 4.15. The van der Waals surface area contributed by atoms with E-state index in [0.29, 0.717) is 24.3 Å². The maximum absolute atomic E-state index is 15.4. The third-order valence-corrected chi connectivity index (χ3v) is 7.25. The van der Waals surface area contributed by atoms with E-state index >= 15 is 17.6 Å². The van der Waals surface area contributed by atoms with E-state index in [0.717, 1.165) is 12.1 Å². The van der Waals surface area contributed by atoms with Gasteiger partial charge in [0.15, 0.2) is 0 Å². The number of halogens is 4. The van der Waals surface area contributed by atoms with Crippen molar-refractivity contribution in [1.29, 1.82) is 42.1 Å². The second-order valence-corrected chi connectivity index (χ2v) is 9.47. The molecule has 3 aromatic rings. The molecule has 2 aliphatic carbocycles. The fraction of sp³-hybridized carbons (Fsp3) is 0. The predicted octanol–water partition coefficient (Wildman–Crippen LogP) is 6.48. The molecule has 46 heavy (non-hydrogen) atoms. The van der Waals surface area contributed by atoms with Crippen LogP contribution < -0.4 is 0 Å². The van der Waals surface area contributed by atoms with Gasteiger partial charge in [0.1, 0.15) is 70.8 Å². The van der Waals surface area contributed by atoms with E-state index in [-0.39, 0.29) is 22.3 Å². The molecule has 8 nitrogen and oxygen atoms in total. The Morgan fingerprint density at radius 3 is 0.978 bits per heavy atom. The topological polar surface area (TPSA) is 190 Å². The number of hydrogen-bond acceptors (Lipinski definition) is 8. The highest BCUT2D eigenvalue weighted by Crippen LogP contribution is 2.55. The van der Waals surface area contributed by atoms with Crippen LogP contribution in [0.5, 0.6) is 0 Å². The van der Waals surface area contributed by atoms with Gasteiger partial charge in [-0.2, -0.15) is 42.1 Å². The normalized spacial score (nSPS) is 12.3. The SMILES string of the molecule is N#CC(C#N)=C1C(c2c(F)cc(C#N)cc2F)=C(C#N)c2cc3c(cc21)C(=C(C#N)C#N)C(c1c(F)cc(C#N)cc1F)=C3C#N. The lowest BCUT2D eigenvalue weighted by molar-refractivity contribution is 0.576. The number of hydrogen-bond donors (Lipinski definition) is 0. The van der Waals surface area contributed by atoms with Crippen molar-refractivity contribution in [1.82, 2.24) is 0 Å². The maximum Gasteiger partial charge on any atom is 0.138 e. The number of fused-ring (bicyclic) bond motifs is 2. The summed E-state index contributed by atoms with van der Waals surface area (Å²) in [5.74, 6) is -5.18. The Bertz CT molecular complexity index is 2250. The molecule has 2 aliphatic rings. The summed E-state index contributed by atoms with van der Waals surface area (Å²) in [4.78, 5) is 0. The molecule has 0 heterocycles. The van der Waals surface area contributed by atoms with E-state index in [9.17, 15) is 31.6 Å². The Balaban J connectivity index is 1.98. The minimum Gasteiger partial charge on any atom is -0.206 e. The summed E-state index contributed by atoms with van der Waals surface area (Å²) in [5, 5.41) is 78.0. The van der Waals surface area contributed by atoms with Crippen LogP contribution in [-0.4, -0.2) is 0 Å². The Morgan fingerprint density at radius 2 is 0.717 bits per heavy atom.